The molecule has 1 aromatic rings. The fraction of sp³-hybridized carbons (Fsp3) is 0.600. The lowest BCUT2D eigenvalue weighted by atomic mass is 10.1. The molecular weight excluding hydrogens is 272 g/mol. The third-order valence-electron chi connectivity index (χ3n) is 2.95. The Bertz CT molecular complexity index is 451. The number of benzene rings is 1. The van der Waals surface area contributed by atoms with Crippen LogP contribution in [0.4, 0.5) is 11.4 Å². The van der Waals surface area contributed by atoms with Crippen LogP contribution in [0.15, 0.2) is 18.2 Å². The summed E-state index contributed by atoms with van der Waals surface area (Å²) in [4.78, 5) is 10.5. The molecule has 6 nitrogen and oxygen atoms in total. The van der Waals surface area contributed by atoms with E-state index >= 15 is 0 Å². The Morgan fingerprint density at radius 3 is 2.76 bits per heavy atom. The van der Waals surface area contributed by atoms with Gasteiger partial charge in [-0.1, -0.05) is 6.92 Å². The summed E-state index contributed by atoms with van der Waals surface area (Å²) in [6, 6.07) is 4.80. The van der Waals surface area contributed by atoms with Gasteiger partial charge in [0.2, 0.25) is 0 Å². The minimum atomic E-state index is -0.392. The van der Waals surface area contributed by atoms with Gasteiger partial charge in [-0.05, 0) is 26.3 Å². The Labute approximate surface area is 125 Å². The van der Waals surface area contributed by atoms with Gasteiger partial charge in [-0.15, -0.1) is 0 Å². The Morgan fingerprint density at radius 1 is 1.38 bits per heavy atom. The molecule has 0 bridgehead atoms. The van der Waals surface area contributed by atoms with Crippen molar-refractivity contribution in [1.82, 2.24) is 0 Å². The first-order valence-corrected chi connectivity index (χ1v) is 7.29. The van der Waals surface area contributed by atoms with Crippen molar-refractivity contribution in [1.29, 1.82) is 0 Å². The number of nitro benzene ring substituents is 1. The first kappa shape index (κ1) is 17.4. The second-order valence-corrected chi connectivity index (χ2v) is 4.81. The highest BCUT2D eigenvalue weighted by Crippen LogP contribution is 2.23. The smallest absolute Gasteiger partial charge is 0.269 e. The topological polar surface area (TPSA) is 73.6 Å². The number of non-ortho nitro benzene ring substituents is 1. The molecule has 1 rings (SSSR count). The maximum Gasteiger partial charge on any atom is 0.269 e. The van der Waals surface area contributed by atoms with Crippen LogP contribution in [0.5, 0.6) is 0 Å². The summed E-state index contributed by atoms with van der Waals surface area (Å²) in [7, 11) is 0. The van der Waals surface area contributed by atoms with Gasteiger partial charge in [-0.3, -0.25) is 10.1 Å². The molecule has 21 heavy (non-hydrogen) atoms. The molecule has 0 radical (unpaired) electrons. The Morgan fingerprint density at radius 2 is 2.14 bits per heavy atom. The van der Waals surface area contributed by atoms with Gasteiger partial charge in [0.25, 0.3) is 5.69 Å². The Kier molecular flexibility index (Phi) is 7.71. The number of hydrogen-bond donors (Lipinski definition) is 1. The van der Waals surface area contributed by atoms with Gasteiger partial charge >= 0.3 is 0 Å². The van der Waals surface area contributed by atoms with Crippen molar-refractivity contribution in [2.45, 2.75) is 39.9 Å². The first-order valence-electron chi connectivity index (χ1n) is 7.29. The van der Waals surface area contributed by atoms with E-state index in [9.17, 15) is 10.1 Å². The van der Waals surface area contributed by atoms with E-state index < -0.39 is 4.92 Å². The summed E-state index contributed by atoms with van der Waals surface area (Å²) < 4.78 is 11.0. The van der Waals surface area contributed by atoms with E-state index in [1.807, 2.05) is 13.8 Å². The van der Waals surface area contributed by atoms with Crippen molar-refractivity contribution in [2.75, 3.05) is 25.1 Å². The van der Waals surface area contributed by atoms with Crippen molar-refractivity contribution < 1.29 is 14.4 Å². The SMILES string of the molecule is CCCNc1ccc([N+](=O)[O-])cc1COC(C)COCC. The lowest BCUT2D eigenvalue weighted by Crippen LogP contribution is -2.16. The standard InChI is InChI=1S/C15H24N2O4/c1-4-8-16-15-7-6-14(17(18)19)9-13(15)11-21-12(3)10-20-5-2/h6-7,9,12,16H,4-5,8,10-11H2,1-3H3. The van der Waals surface area contributed by atoms with Gasteiger partial charge in [0, 0.05) is 36.5 Å². The summed E-state index contributed by atoms with van der Waals surface area (Å²) in [5.41, 5.74) is 1.75. The summed E-state index contributed by atoms with van der Waals surface area (Å²) in [6.07, 6.45) is 0.932. The maximum absolute atomic E-state index is 10.9. The van der Waals surface area contributed by atoms with E-state index in [2.05, 4.69) is 12.2 Å². The molecule has 118 valence electrons. The molecule has 0 aliphatic carbocycles. The molecule has 0 aliphatic heterocycles. The van der Waals surface area contributed by atoms with Gasteiger partial charge in [-0.25, -0.2) is 0 Å². The minimum Gasteiger partial charge on any atom is -0.385 e. The molecule has 0 amide bonds. The van der Waals surface area contributed by atoms with Crippen LogP contribution in [0, 0.1) is 10.1 Å². The number of ether oxygens (including phenoxy) is 2. The molecule has 1 atom stereocenters. The van der Waals surface area contributed by atoms with Gasteiger partial charge < -0.3 is 14.8 Å². The molecular formula is C15H24N2O4. The highest BCUT2D eigenvalue weighted by molar-refractivity contribution is 5.55. The Balaban J connectivity index is 2.74. The molecule has 0 aliphatic rings. The zero-order chi connectivity index (χ0) is 15.7. The summed E-state index contributed by atoms with van der Waals surface area (Å²) in [5, 5.41) is 14.1. The number of nitrogens with zero attached hydrogens (tertiary/aromatic N) is 1. The van der Waals surface area contributed by atoms with Crippen LogP contribution in [0.2, 0.25) is 0 Å². The summed E-state index contributed by atoms with van der Waals surface area (Å²) in [5.74, 6) is 0. The molecule has 1 aromatic carbocycles. The zero-order valence-corrected chi connectivity index (χ0v) is 12.9. The number of nitro groups is 1. The van der Waals surface area contributed by atoms with E-state index in [0.29, 0.717) is 19.8 Å². The molecule has 0 saturated carbocycles. The normalized spacial score (nSPS) is 12.1. The minimum absolute atomic E-state index is 0.0526. The monoisotopic (exact) mass is 296 g/mol. The predicted molar refractivity (Wildman–Crippen MR) is 82.6 cm³/mol. The van der Waals surface area contributed by atoms with Crippen molar-refractivity contribution in [3.05, 3.63) is 33.9 Å². The van der Waals surface area contributed by atoms with Crippen molar-refractivity contribution in [3.63, 3.8) is 0 Å². The van der Waals surface area contributed by atoms with E-state index in [1.165, 1.54) is 6.07 Å². The number of anilines is 1. The fourth-order valence-electron chi connectivity index (χ4n) is 1.81. The third kappa shape index (κ3) is 6.10. The van der Waals surface area contributed by atoms with Crippen molar-refractivity contribution >= 4 is 11.4 Å². The van der Waals surface area contributed by atoms with Crippen LogP contribution < -0.4 is 5.32 Å². The highest BCUT2D eigenvalue weighted by atomic mass is 16.6. The fourth-order valence-corrected chi connectivity index (χ4v) is 1.81. The second kappa shape index (κ2) is 9.31. The summed E-state index contributed by atoms with van der Waals surface area (Å²) >= 11 is 0. The molecule has 0 fully saturated rings. The number of nitrogens with one attached hydrogen (secondary N) is 1. The van der Waals surface area contributed by atoms with Crippen molar-refractivity contribution in [2.24, 2.45) is 0 Å². The van der Waals surface area contributed by atoms with Crippen LogP contribution in [0.3, 0.4) is 0 Å². The van der Waals surface area contributed by atoms with Gasteiger partial charge in [0.05, 0.1) is 24.2 Å². The van der Waals surface area contributed by atoms with E-state index in [-0.39, 0.29) is 11.8 Å². The van der Waals surface area contributed by atoms with Crippen LogP contribution in [0.1, 0.15) is 32.8 Å². The second-order valence-electron chi connectivity index (χ2n) is 4.81. The molecule has 1 unspecified atom stereocenters. The molecule has 0 aromatic heterocycles. The third-order valence-corrected chi connectivity index (χ3v) is 2.95. The quantitative estimate of drug-likeness (QED) is 0.529. The number of hydrogen-bond acceptors (Lipinski definition) is 5. The molecule has 1 N–H and O–H groups in total. The lowest BCUT2D eigenvalue weighted by molar-refractivity contribution is -0.384. The van der Waals surface area contributed by atoms with Gasteiger partial charge in [0.15, 0.2) is 0 Å². The lowest BCUT2D eigenvalue weighted by Gasteiger charge is -2.15. The Hall–Kier alpha value is -1.66. The van der Waals surface area contributed by atoms with Gasteiger partial charge in [0.1, 0.15) is 0 Å². The van der Waals surface area contributed by atoms with E-state index in [4.69, 9.17) is 9.47 Å². The van der Waals surface area contributed by atoms with E-state index in [0.717, 1.165) is 24.2 Å². The zero-order valence-electron chi connectivity index (χ0n) is 12.9. The molecule has 0 saturated heterocycles. The average Bonchev–Trinajstić information content (AvgIpc) is 2.48. The first-order chi connectivity index (χ1) is 10.1. The average molecular weight is 296 g/mol. The largest absolute Gasteiger partial charge is 0.385 e. The van der Waals surface area contributed by atoms with Crippen LogP contribution in [-0.2, 0) is 16.1 Å². The molecule has 0 heterocycles. The van der Waals surface area contributed by atoms with Crippen LogP contribution in [-0.4, -0.2) is 30.8 Å². The van der Waals surface area contributed by atoms with E-state index in [1.54, 1.807) is 12.1 Å². The van der Waals surface area contributed by atoms with Crippen molar-refractivity contribution in [3.8, 4) is 0 Å². The number of rotatable bonds is 10. The van der Waals surface area contributed by atoms with Crippen LogP contribution >= 0.6 is 0 Å². The summed E-state index contributed by atoms with van der Waals surface area (Å²) in [6.45, 7) is 8.23. The van der Waals surface area contributed by atoms with Gasteiger partial charge in [-0.2, -0.15) is 0 Å². The molecule has 6 heteroatoms. The predicted octanol–water partition coefficient (Wildman–Crippen LogP) is 3.36. The van der Waals surface area contributed by atoms with Crippen LogP contribution in [0.25, 0.3) is 0 Å². The molecule has 0 spiro atoms. The highest BCUT2D eigenvalue weighted by Gasteiger charge is 2.12. The maximum atomic E-state index is 10.9.